The molecule has 0 amide bonds. The summed E-state index contributed by atoms with van der Waals surface area (Å²) < 4.78 is 5.89. The summed E-state index contributed by atoms with van der Waals surface area (Å²) >= 11 is 0. The fourth-order valence-corrected chi connectivity index (χ4v) is 3.31. The molecule has 0 N–H and O–H groups in total. The van der Waals surface area contributed by atoms with E-state index in [1.54, 1.807) is 6.21 Å². The van der Waals surface area contributed by atoms with Gasteiger partial charge in [0.25, 0.3) is 0 Å². The minimum absolute atomic E-state index is 0.286. The summed E-state index contributed by atoms with van der Waals surface area (Å²) in [7, 11) is 0. The van der Waals surface area contributed by atoms with Crippen molar-refractivity contribution < 1.29 is 9.57 Å². The predicted molar refractivity (Wildman–Crippen MR) is 72.9 cm³/mol. The lowest BCUT2D eigenvalue weighted by Crippen LogP contribution is -2.47. The van der Waals surface area contributed by atoms with Gasteiger partial charge in [-0.25, -0.2) is 0 Å². The Kier molecular flexibility index (Phi) is 4.62. The molecular formula is C14H26N2O2. The van der Waals surface area contributed by atoms with E-state index >= 15 is 0 Å². The second-order valence-electron chi connectivity index (χ2n) is 5.73. The molecule has 0 unspecified atom stereocenters. The van der Waals surface area contributed by atoms with Gasteiger partial charge in [-0.05, 0) is 53.0 Å². The average Bonchev–Trinajstić information content (AvgIpc) is 2.87. The molecule has 2 aliphatic heterocycles. The lowest BCUT2D eigenvalue weighted by atomic mass is 9.95. The third-order valence-corrected chi connectivity index (χ3v) is 4.17. The van der Waals surface area contributed by atoms with Crippen LogP contribution in [0.3, 0.4) is 0 Å². The van der Waals surface area contributed by atoms with Gasteiger partial charge in [-0.15, -0.1) is 0 Å². The first kappa shape index (κ1) is 13.8. The molecule has 0 aromatic carbocycles. The molecule has 2 rings (SSSR count). The third-order valence-electron chi connectivity index (χ3n) is 4.17. The maximum Gasteiger partial charge on any atom is 0.132 e. The van der Waals surface area contributed by atoms with Gasteiger partial charge in [0.15, 0.2) is 0 Å². The molecule has 0 aromatic heterocycles. The van der Waals surface area contributed by atoms with Crippen molar-refractivity contribution in [2.24, 2.45) is 5.16 Å². The summed E-state index contributed by atoms with van der Waals surface area (Å²) in [4.78, 5) is 7.94. The Morgan fingerprint density at radius 1 is 1.44 bits per heavy atom. The Morgan fingerprint density at radius 2 is 2.28 bits per heavy atom. The summed E-state index contributed by atoms with van der Waals surface area (Å²) in [6.45, 7) is 8.88. The fraction of sp³-hybridized carbons (Fsp3) is 0.929. The summed E-state index contributed by atoms with van der Waals surface area (Å²) in [5, 5.41) is 3.86. The molecule has 0 aliphatic carbocycles. The standard InChI is InChI=1S/C14H26N2O2/c1-4-15-18-10-13-6-8-14(11-17-12(2)3)7-5-9-16(13)14/h4,12-13H,5-11H2,1-3H3/b15-4+/t13-,14-/m0/s1. The van der Waals surface area contributed by atoms with Crippen LogP contribution in [0.1, 0.15) is 46.5 Å². The van der Waals surface area contributed by atoms with Gasteiger partial charge in [0, 0.05) is 17.8 Å². The molecule has 2 heterocycles. The second-order valence-corrected chi connectivity index (χ2v) is 5.73. The van der Waals surface area contributed by atoms with Crippen molar-refractivity contribution in [3.63, 3.8) is 0 Å². The van der Waals surface area contributed by atoms with E-state index in [2.05, 4.69) is 23.9 Å². The molecule has 104 valence electrons. The Morgan fingerprint density at radius 3 is 3.00 bits per heavy atom. The van der Waals surface area contributed by atoms with E-state index in [1.165, 1.54) is 32.2 Å². The third kappa shape index (κ3) is 2.86. The van der Waals surface area contributed by atoms with Crippen LogP contribution in [-0.2, 0) is 9.57 Å². The number of ether oxygens (including phenoxy) is 1. The fourth-order valence-electron chi connectivity index (χ4n) is 3.31. The van der Waals surface area contributed by atoms with Crippen LogP contribution in [0, 0.1) is 0 Å². The molecule has 2 aliphatic rings. The number of nitrogens with zero attached hydrogens (tertiary/aromatic N) is 2. The van der Waals surface area contributed by atoms with E-state index in [0.717, 1.165) is 6.61 Å². The molecule has 0 bridgehead atoms. The van der Waals surface area contributed by atoms with Crippen molar-refractivity contribution in [1.82, 2.24) is 4.90 Å². The molecule has 2 saturated heterocycles. The molecule has 0 saturated carbocycles. The van der Waals surface area contributed by atoms with Crippen LogP contribution in [0.5, 0.6) is 0 Å². The predicted octanol–water partition coefficient (Wildman–Crippen LogP) is 2.43. The summed E-state index contributed by atoms with van der Waals surface area (Å²) in [5.74, 6) is 0. The van der Waals surface area contributed by atoms with E-state index in [9.17, 15) is 0 Å². The first-order valence-corrected chi connectivity index (χ1v) is 7.16. The van der Waals surface area contributed by atoms with Crippen LogP contribution in [0.2, 0.25) is 0 Å². The van der Waals surface area contributed by atoms with Crippen LogP contribution in [0.4, 0.5) is 0 Å². The zero-order valence-electron chi connectivity index (χ0n) is 11.9. The summed E-state index contributed by atoms with van der Waals surface area (Å²) in [6, 6.07) is 0.520. The lowest BCUT2D eigenvalue weighted by molar-refractivity contribution is -0.0157. The highest BCUT2D eigenvalue weighted by Crippen LogP contribution is 2.42. The van der Waals surface area contributed by atoms with Crippen molar-refractivity contribution in [3.05, 3.63) is 0 Å². The maximum atomic E-state index is 5.89. The number of hydrogen-bond acceptors (Lipinski definition) is 4. The molecule has 2 atom stereocenters. The Labute approximate surface area is 110 Å². The zero-order chi connectivity index (χ0) is 13.0. The molecule has 18 heavy (non-hydrogen) atoms. The second kappa shape index (κ2) is 6.02. The van der Waals surface area contributed by atoms with E-state index < -0.39 is 0 Å². The molecular weight excluding hydrogens is 228 g/mol. The van der Waals surface area contributed by atoms with E-state index in [4.69, 9.17) is 9.57 Å². The largest absolute Gasteiger partial charge is 0.394 e. The van der Waals surface area contributed by atoms with Crippen LogP contribution >= 0.6 is 0 Å². The smallest absolute Gasteiger partial charge is 0.132 e. The van der Waals surface area contributed by atoms with Crippen molar-refractivity contribution in [2.45, 2.75) is 64.1 Å². The Hall–Kier alpha value is -0.610. The first-order valence-electron chi connectivity index (χ1n) is 7.16. The van der Waals surface area contributed by atoms with Crippen LogP contribution in [0.15, 0.2) is 5.16 Å². The topological polar surface area (TPSA) is 34.1 Å². The SMILES string of the molecule is C/C=N/OC[C@@H]1CC[C@]2(COC(C)C)CCCN12. The molecule has 0 radical (unpaired) electrons. The van der Waals surface area contributed by atoms with Crippen LogP contribution < -0.4 is 0 Å². The Bertz CT molecular complexity index is 294. The molecule has 0 spiro atoms. The average molecular weight is 254 g/mol. The van der Waals surface area contributed by atoms with Gasteiger partial charge in [-0.3, -0.25) is 4.90 Å². The van der Waals surface area contributed by atoms with Crippen molar-refractivity contribution in [3.8, 4) is 0 Å². The van der Waals surface area contributed by atoms with Crippen molar-refractivity contribution in [1.29, 1.82) is 0 Å². The van der Waals surface area contributed by atoms with Gasteiger partial charge in [0.1, 0.15) is 6.61 Å². The van der Waals surface area contributed by atoms with Crippen molar-refractivity contribution in [2.75, 3.05) is 19.8 Å². The normalized spacial score (nSPS) is 32.6. The molecule has 4 nitrogen and oxygen atoms in total. The van der Waals surface area contributed by atoms with E-state index in [1.807, 2.05) is 6.92 Å². The minimum atomic E-state index is 0.286. The first-order chi connectivity index (χ1) is 8.68. The number of fused-ring (bicyclic) bond motifs is 1. The van der Waals surface area contributed by atoms with E-state index in [-0.39, 0.29) is 5.54 Å². The van der Waals surface area contributed by atoms with Gasteiger partial charge in [0.05, 0.1) is 12.7 Å². The van der Waals surface area contributed by atoms with E-state index in [0.29, 0.717) is 18.8 Å². The van der Waals surface area contributed by atoms with Gasteiger partial charge >= 0.3 is 0 Å². The van der Waals surface area contributed by atoms with Gasteiger partial charge in [-0.2, -0.15) is 0 Å². The molecule has 0 aromatic rings. The number of oxime groups is 1. The summed E-state index contributed by atoms with van der Waals surface area (Å²) in [5.41, 5.74) is 0.286. The monoisotopic (exact) mass is 254 g/mol. The highest BCUT2D eigenvalue weighted by molar-refractivity contribution is 5.52. The van der Waals surface area contributed by atoms with Gasteiger partial charge in [-0.1, -0.05) is 5.16 Å². The number of rotatable bonds is 6. The van der Waals surface area contributed by atoms with Gasteiger partial charge in [0.2, 0.25) is 0 Å². The molecule has 4 heteroatoms. The van der Waals surface area contributed by atoms with Crippen molar-refractivity contribution >= 4 is 6.21 Å². The van der Waals surface area contributed by atoms with Gasteiger partial charge < -0.3 is 9.57 Å². The summed E-state index contributed by atoms with van der Waals surface area (Å²) in [6.07, 6.45) is 7.03. The highest BCUT2D eigenvalue weighted by atomic mass is 16.6. The zero-order valence-corrected chi connectivity index (χ0v) is 11.9. The Balaban J connectivity index is 1.91. The number of hydrogen-bond donors (Lipinski definition) is 0. The lowest BCUT2D eigenvalue weighted by Gasteiger charge is -2.35. The highest BCUT2D eigenvalue weighted by Gasteiger charge is 2.49. The maximum absolute atomic E-state index is 5.89. The van der Waals surface area contributed by atoms with Crippen LogP contribution in [0.25, 0.3) is 0 Å². The quantitative estimate of drug-likeness (QED) is 0.539. The molecule has 2 fully saturated rings. The minimum Gasteiger partial charge on any atom is -0.394 e. The van der Waals surface area contributed by atoms with Crippen LogP contribution in [-0.4, -0.2) is 48.6 Å².